The maximum atomic E-state index is 12.6. The molecule has 1 atom stereocenters. The summed E-state index contributed by atoms with van der Waals surface area (Å²) in [5.74, 6) is 0.804. The van der Waals surface area contributed by atoms with Gasteiger partial charge in [0.2, 0.25) is 11.8 Å². The first-order valence-electron chi connectivity index (χ1n) is 10.0. The molecule has 0 aliphatic carbocycles. The molecular weight excluding hydrogens is 434 g/mol. The lowest BCUT2D eigenvalue weighted by Gasteiger charge is -2.19. The van der Waals surface area contributed by atoms with E-state index in [-0.39, 0.29) is 35.1 Å². The van der Waals surface area contributed by atoms with Crippen molar-refractivity contribution in [3.8, 4) is 0 Å². The second-order valence-electron chi connectivity index (χ2n) is 7.55. The minimum Gasteiger partial charge on any atom is -0.416 e. The molecule has 0 unspecified atom stereocenters. The third kappa shape index (κ3) is 5.95. The van der Waals surface area contributed by atoms with Crippen LogP contribution in [0.1, 0.15) is 29.5 Å². The van der Waals surface area contributed by atoms with Gasteiger partial charge in [0.25, 0.3) is 5.22 Å². The summed E-state index contributed by atoms with van der Waals surface area (Å²) in [6.07, 6.45) is 1.07. The monoisotopic (exact) mass is 457 g/mol. The predicted octanol–water partition coefficient (Wildman–Crippen LogP) is 3.04. The molecule has 0 bridgehead atoms. The number of carbonyl (C=O) groups excluding carboxylic acids is 1. The van der Waals surface area contributed by atoms with Gasteiger partial charge in [-0.25, -0.2) is 8.42 Å². The molecule has 1 saturated heterocycles. The number of hydrogen-bond acceptors (Lipinski definition) is 7. The fourth-order valence-corrected chi connectivity index (χ4v) is 6.09. The average Bonchev–Trinajstić information content (AvgIpc) is 3.37. The molecule has 1 aliphatic rings. The van der Waals surface area contributed by atoms with Crippen LogP contribution in [0.25, 0.3) is 0 Å². The van der Waals surface area contributed by atoms with E-state index in [2.05, 4.69) is 15.5 Å². The van der Waals surface area contributed by atoms with E-state index in [1.54, 1.807) is 0 Å². The Hall–Kier alpha value is -2.65. The van der Waals surface area contributed by atoms with Crippen molar-refractivity contribution in [2.75, 3.05) is 17.3 Å². The van der Waals surface area contributed by atoms with Gasteiger partial charge >= 0.3 is 0 Å². The summed E-state index contributed by atoms with van der Waals surface area (Å²) >= 11 is 1.17. The summed E-state index contributed by atoms with van der Waals surface area (Å²) in [6, 6.07) is 19.4. The molecule has 1 aliphatic heterocycles. The van der Waals surface area contributed by atoms with Gasteiger partial charge in [0, 0.05) is 6.42 Å². The van der Waals surface area contributed by atoms with Gasteiger partial charge in [-0.05, 0) is 23.5 Å². The van der Waals surface area contributed by atoms with Crippen LogP contribution in [0, 0.1) is 5.92 Å². The predicted molar refractivity (Wildman–Crippen MR) is 118 cm³/mol. The molecule has 0 radical (unpaired) electrons. The van der Waals surface area contributed by atoms with Gasteiger partial charge in [-0.3, -0.25) is 4.79 Å². The molecule has 3 aromatic rings. The molecule has 1 fully saturated rings. The van der Waals surface area contributed by atoms with Crippen LogP contribution < -0.4 is 5.32 Å². The summed E-state index contributed by atoms with van der Waals surface area (Å²) in [4.78, 5) is 12.6. The quantitative estimate of drug-likeness (QED) is 0.519. The highest BCUT2D eigenvalue weighted by Crippen LogP contribution is 2.25. The molecular formula is C22H23N3O4S2. The molecule has 7 nitrogen and oxygen atoms in total. The van der Waals surface area contributed by atoms with Crippen molar-refractivity contribution in [1.82, 2.24) is 15.5 Å². The standard InChI is InChI=1S/C22H23N3O4S2/c26-19(23-21(17-7-3-1-4-8-17)18-9-5-2-6-10-18)14-30-22-25-24-20(29-22)13-16-11-12-31(27,28)15-16/h1-10,16,21H,11-15H2,(H,23,26)/t16-/m1/s1. The van der Waals surface area contributed by atoms with E-state index in [9.17, 15) is 13.2 Å². The molecule has 0 spiro atoms. The van der Waals surface area contributed by atoms with Crippen LogP contribution in [0.5, 0.6) is 0 Å². The Morgan fingerprint density at radius 3 is 2.29 bits per heavy atom. The van der Waals surface area contributed by atoms with Crippen molar-refractivity contribution in [1.29, 1.82) is 0 Å². The number of thioether (sulfide) groups is 1. The zero-order valence-corrected chi connectivity index (χ0v) is 18.4. The number of hydrogen-bond donors (Lipinski definition) is 1. The number of nitrogens with zero attached hydrogens (tertiary/aromatic N) is 2. The van der Waals surface area contributed by atoms with E-state index in [0.29, 0.717) is 24.0 Å². The van der Waals surface area contributed by atoms with Gasteiger partial charge in [0.1, 0.15) is 0 Å². The minimum absolute atomic E-state index is 0.0177. The van der Waals surface area contributed by atoms with Gasteiger partial charge in [-0.2, -0.15) is 0 Å². The van der Waals surface area contributed by atoms with E-state index in [4.69, 9.17) is 4.42 Å². The van der Waals surface area contributed by atoms with Gasteiger partial charge in [0.05, 0.1) is 23.3 Å². The molecule has 4 rings (SSSR count). The fourth-order valence-electron chi connectivity index (χ4n) is 3.64. The van der Waals surface area contributed by atoms with E-state index in [1.807, 2.05) is 60.7 Å². The summed E-state index contributed by atoms with van der Waals surface area (Å²) < 4.78 is 28.8. The van der Waals surface area contributed by atoms with Crippen LogP contribution in [0.3, 0.4) is 0 Å². The lowest BCUT2D eigenvalue weighted by Crippen LogP contribution is -2.30. The fraction of sp³-hybridized carbons (Fsp3) is 0.318. The second kappa shape index (κ2) is 9.65. The first-order chi connectivity index (χ1) is 15.0. The molecule has 9 heteroatoms. The summed E-state index contributed by atoms with van der Waals surface area (Å²) in [7, 11) is -2.94. The number of carbonyl (C=O) groups is 1. The third-order valence-corrected chi connectivity index (χ3v) is 7.79. The van der Waals surface area contributed by atoms with Crippen LogP contribution in [0.15, 0.2) is 70.3 Å². The number of sulfone groups is 1. The Morgan fingerprint density at radius 2 is 1.71 bits per heavy atom. The van der Waals surface area contributed by atoms with Gasteiger partial charge in [-0.1, -0.05) is 72.4 Å². The Bertz CT molecular complexity index is 1080. The SMILES string of the molecule is O=C(CSc1nnc(C[C@H]2CCS(=O)(=O)C2)o1)NC(c1ccccc1)c1ccccc1. The van der Waals surface area contributed by atoms with Crippen LogP contribution in [0.2, 0.25) is 0 Å². The van der Waals surface area contributed by atoms with Gasteiger partial charge in [-0.15, -0.1) is 10.2 Å². The first kappa shape index (κ1) is 21.6. The van der Waals surface area contributed by atoms with Gasteiger partial charge < -0.3 is 9.73 Å². The number of amides is 1. The van der Waals surface area contributed by atoms with Crippen molar-refractivity contribution >= 4 is 27.5 Å². The number of rotatable bonds is 8. The summed E-state index contributed by atoms with van der Waals surface area (Å²) in [6.45, 7) is 0. The second-order valence-corrected chi connectivity index (χ2v) is 10.7. The Kier molecular flexibility index (Phi) is 6.72. The number of nitrogens with one attached hydrogen (secondary N) is 1. The number of aromatic nitrogens is 2. The van der Waals surface area contributed by atoms with E-state index in [0.717, 1.165) is 11.1 Å². The molecule has 0 saturated carbocycles. The van der Waals surface area contributed by atoms with Crippen LogP contribution in [0.4, 0.5) is 0 Å². The third-order valence-electron chi connectivity index (χ3n) is 5.14. The van der Waals surface area contributed by atoms with Crippen molar-refractivity contribution in [3.05, 3.63) is 77.7 Å². The van der Waals surface area contributed by atoms with Crippen molar-refractivity contribution in [2.45, 2.75) is 24.1 Å². The maximum absolute atomic E-state index is 12.6. The molecule has 1 N–H and O–H groups in total. The summed E-state index contributed by atoms with van der Waals surface area (Å²) in [5.41, 5.74) is 2.00. The van der Waals surface area contributed by atoms with Crippen molar-refractivity contribution in [3.63, 3.8) is 0 Å². The zero-order valence-electron chi connectivity index (χ0n) is 16.8. The molecule has 31 heavy (non-hydrogen) atoms. The molecule has 1 aromatic heterocycles. The van der Waals surface area contributed by atoms with Crippen LogP contribution >= 0.6 is 11.8 Å². The lowest BCUT2D eigenvalue weighted by molar-refractivity contribution is -0.119. The Morgan fingerprint density at radius 1 is 1.06 bits per heavy atom. The first-order valence-corrected chi connectivity index (χ1v) is 12.8. The Labute approximate surface area is 185 Å². The van der Waals surface area contributed by atoms with Crippen LogP contribution in [-0.2, 0) is 21.1 Å². The van der Waals surface area contributed by atoms with E-state index < -0.39 is 9.84 Å². The van der Waals surface area contributed by atoms with E-state index >= 15 is 0 Å². The average molecular weight is 458 g/mol. The van der Waals surface area contributed by atoms with Gasteiger partial charge in [0.15, 0.2) is 9.84 Å². The Balaban J connectivity index is 1.34. The molecule has 2 aromatic carbocycles. The maximum Gasteiger partial charge on any atom is 0.277 e. The number of benzene rings is 2. The van der Waals surface area contributed by atoms with Crippen molar-refractivity contribution < 1.29 is 17.6 Å². The highest BCUT2D eigenvalue weighted by molar-refractivity contribution is 7.99. The topological polar surface area (TPSA) is 102 Å². The molecule has 162 valence electrons. The molecule has 2 heterocycles. The normalized spacial score (nSPS) is 17.6. The largest absolute Gasteiger partial charge is 0.416 e. The highest BCUT2D eigenvalue weighted by Gasteiger charge is 2.29. The summed E-state index contributed by atoms with van der Waals surface area (Å²) in [5, 5.41) is 11.4. The molecule has 1 amide bonds. The van der Waals surface area contributed by atoms with E-state index in [1.165, 1.54) is 11.8 Å². The highest BCUT2D eigenvalue weighted by atomic mass is 32.2. The zero-order chi connectivity index (χ0) is 21.7. The van der Waals surface area contributed by atoms with Crippen molar-refractivity contribution in [2.24, 2.45) is 5.92 Å². The lowest BCUT2D eigenvalue weighted by atomic mass is 9.99. The smallest absolute Gasteiger partial charge is 0.277 e. The van der Waals surface area contributed by atoms with Crippen LogP contribution in [-0.4, -0.2) is 41.8 Å². The minimum atomic E-state index is -2.94.